The molecule has 0 aliphatic rings. The quantitative estimate of drug-likeness (QED) is 0.856. The summed E-state index contributed by atoms with van der Waals surface area (Å²) in [5, 5.41) is 3.36. The molecule has 0 fully saturated rings. The van der Waals surface area contributed by atoms with Gasteiger partial charge in [0.2, 0.25) is 0 Å². The molecule has 2 heteroatoms. The molecule has 0 aliphatic carbocycles. The molecule has 0 radical (unpaired) electrons. The second-order valence-corrected chi connectivity index (χ2v) is 5.12. The smallest absolute Gasteiger partial charge is 0.127 e. The van der Waals surface area contributed by atoms with Crippen LogP contribution in [0.3, 0.4) is 0 Å². The predicted octanol–water partition coefficient (Wildman–Crippen LogP) is 3.99. The maximum atomic E-state index is 6.07. The lowest BCUT2D eigenvalue weighted by molar-refractivity contribution is 0.300. The van der Waals surface area contributed by atoms with E-state index in [2.05, 4.69) is 68.6 Å². The lowest BCUT2D eigenvalue weighted by atomic mass is 10.1. The number of hydrogen-bond donors (Lipinski definition) is 1. The first-order valence-corrected chi connectivity index (χ1v) is 7.18. The summed E-state index contributed by atoms with van der Waals surface area (Å²) in [5.74, 6) is 1.01. The van der Waals surface area contributed by atoms with Gasteiger partial charge in [-0.3, -0.25) is 0 Å². The van der Waals surface area contributed by atoms with Gasteiger partial charge in [0.15, 0.2) is 0 Å². The normalized spacial score (nSPS) is 10.6. The average molecular weight is 269 g/mol. The fourth-order valence-electron chi connectivity index (χ4n) is 2.28. The van der Waals surface area contributed by atoms with E-state index in [1.165, 1.54) is 22.3 Å². The zero-order valence-corrected chi connectivity index (χ0v) is 12.6. The monoisotopic (exact) mass is 269 g/mol. The molecule has 0 bridgehead atoms. The molecule has 20 heavy (non-hydrogen) atoms. The van der Waals surface area contributed by atoms with E-state index in [1.54, 1.807) is 0 Å². The van der Waals surface area contributed by atoms with Gasteiger partial charge in [-0.15, -0.1) is 0 Å². The Kier molecular flexibility index (Phi) is 5.19. The van der Waals surface area contributed by atoms with Crippen LogP contribution in [0.4, 0.5) is 0 Å². The number of benzene rings is 2. The molecule has 0 amide bonds. The van der Waals surface area contributed by atoms with Crippen LogP contribution in [0.25, 0.3) is 0 Å². The summed E-state index contributed by atoms with van der Waals surface area (Å²) >= 11 is 0. The van der Waals surface area contributed by atoms with E-state index in [9.17, 15) is 0 Å². The molecule has 2 aromatic carbocycles. The molecule has 0 saturated heterocycles. The third-order valence-corrected chi connectivity index (χ3v) is 3.32. The van der Waals surface area contributed by atoms with Crippen molar-refractivity contribution in [3.63, 3.8) is 0 Å². The SMILES string of the molecule is CCNCc1cccc(C)c1OCc1cccc(C)c1. The maximum Gasteiger partial charge on any atom is 0.127 e. The van der Waals surface area contributed by atoms with Gasteiger partial charge in [0.1, 0.15) is 12.4 Å². The molecule has 2 aromatic rings. The molecule has 0 heterocycles. The van der Waals surface area contributed by atoms with E-state index in [1.807, 2.05) is 0 Å². The van der Waals surface area contributed by atoms with Crippen molar-refractivity contribution in [1.29, 1.82) is 0 Å². The summed E-state index contributed by atoms with van der Waals surface area (Å²) in [6.07, 6.45) is 0. The molecule has 0 spiro atoms. The van der Waals surface area contributed by atoms with E-state index in [4.69, 9.17) is 4.74 Å². The number of hydrogen-bond acceptors (Lipinski definition) is 2. The summed E-state index contributed by atoms with van der Waals surface area (Å²) in [4.78, 5) is 0. The van der Waals surface area contributed by atoms with Crippen LogP contribution in [-0.2, 0) is 13.2 Å². The fourth-order valence-corrected chi connectivity index (χ4v) is 2.28. The van der Waals surface area contributed by atoms with Gasteiger partial charge in [-0.2, -0.15) is 0 Å². The Morgan fingerprint density at radius 2 is 1.85 bits per heavy atom. The molecule has 2 nitrogen and oxygen atoms in total. The third kappa shape index (κ3) is 3.84. The van der Waals surface area contributed by atoms with Gasteiger partial charge in [-0.1, -0.05) is 55.0 Å². The van der Waals surface area contributed by atoms with Crippen LogP contribution in [0.5, 0.6) is 5.75 Å². The van der Waals surface area contributed by atoms with Gasteiger partial charge in [-0.05, 0) is 31.5 Å². The maximum absolute atomic E-state index is 6.07. The van der Waals surface area contributed by atoms with Crippen molar-refractivity contribution in [3.8, 4) is 5.75 Å². The minimum absolute atomic E-state index is 0.617. The van der Waals surface area contributed by atoms with E-state index >= 15 is 0 Å². The highest BCUT2D eigenvalue weighted by Gasteiger charge is 2.07. The van der Waals surface area contributed by atoms with Crippen LogP contribution < -0.4 is 10.1 Å². The third-order valence-electron chi connectivity index (χ3n) is 3.32. The van der Waals surface area contributed by atoms with Crippen LogP contribution in [0, 0.1) is 13.8 Å². The Hall–Kier alpha value is -1.80. The van der Waals surface area contributed by atoms with Crippen LogP contribution in [0.2, 0.25) is 0 Å². The summed E-state index contributed by atoms with van der Waals surface area (Å²) < 4.78 is 6.07. The number of aryl methyl sites for hydroxylation is 2. The Morgan fingerprint density at radius 3 is 2.60 bits per heavy atom. The van der Waals surface area contributed by atoms with Crippen molar-refractivity contribution in [1.82, 2.24) is 5.32 Å². The molecule has 0 unspecified atom stereocenters. The molecule has 1 N–H and O–H groups in total. The van der Waals surface area contributed by atoms with Crippen molar-refractivity contribution >= 4 is 0 Å². The second kappa shape index (κ2) is 7.11. The second-order valence-electron chi connectivity index (χ2n) is 5.12. The van der Waals surface area contributed by atoms with Gasteiger partial charge < -0.3 is 10.1 Å². The molecule has 106 valence electrons. The van der Waals surface area contributed by atoms with Crippen molar-refractivity contribution in [2.24, 2.45) is 0 Å². The molecule has 0 saturated carbocycles. The molecule has 0 atom stereocenters. The Labute approximate surface area is 121 Å². The van der Waals surface area contributed by atoms with Gasteiger partial charge >= 0.3 is 0 Å². The largest absolute Gasteiger partial charge is 0.488 e. The van der Waals surface area contributed by atoms with E-state index in [0.717, 1.165) is 18.8 Å². The standard InChI is InChI=1S/C18H23NO/c1-4-19-12-17-10-6-8-15(3)18(17)20-13-16-9-5-7-14(2)11-16/h5-11,19H,4,12-13H2,1-3H3. The topological polar surface area (TPSA) is 21.3 Å². The van der Waals surface area contributed by atoms with E-state index in [-0.39, 0.29) is 0 Å². The van der Waals surface area contributed by atoms with E-state index < -0.39 is 0 Å². The van der Waals surface area contributed by atoms with Crippen LogP contribution in [0.15, 0.2) is 42.5 Å². The molecular weight excluding hydrogens is 246 g/mol. The predicted molar refractivity (Wildman–Crippen MR) is 84.1 cm³/mol. The summed E-state index contributed by atoms with van der Waals surface area (Å²) in [5.41, 5.74) is 4.89. The summed E-state index contributed by atoms with van der Waals surface area (Å²) in [7, 11) is 0. The van der Waals surface area contributed by atoms with Crippen molar-refractivity contribution in [2.75, 3.05) is 6.54 Å². The van der Waals surface area contributed by atoms with Crippen molar-refractivity contribution in [2.45, 2.75) is 33.9 Å². The van der Waals surface area contributed by atoms with Crippen LogP contribution in [0.1, 0.15) is 29.2 Å². The lowest BCUT2D eigenvalue weighted by Gasteiger charge is -2.14. The zero-order valence-electron chi connectivity index (χ0n) is 12.6. The van der Waals surface area contributed by atoms with Crippen molar-refractivity contribution < 1.29 is 4.74 Å². The summed E-state index contributed by atoms with van der Waals surface area (Å²) in [6, 6.07) is 14.8. The van der Waals surface area contributed by atoms with Crippen molar-refractivity contribution in [3.05, 3.63) is 64.7 Å². The zero-order chi connectivity index (χ0) is 14.4. The first-order valence-electron chi connectivity index (χ1n) is 7.18. The van der Waals surface area contributed by atoms with Gasteiger partial charge in [-0.25, -0.2) is 0 Å². The molecule has 0 aliphatic heterocycles. The van der Waals surface area contributed by atoms with Gasteiger partial charge in [0, 0.05) is 12.1 Å². The van der Waals surface area contributed by atoms with E-state index in [0.29, 0.717) is 6.61 Å². The summed E-state index contributed by atoms with van der Waals surface area (Å²) in [6.45, 7) is 8.75. The lowest BCUT2D eigenvalue weighted by Crippen LogP contribution is -2.13. The highest BCUT2D eigenvalue weighted by atomic mass is 16.5. The first-order chi connectivity index (χ1) is 9.70. The number of nitrogens with one attached hydrogen (secondary N) is 1. The highest BCUT2D eigenvalue weighted by molar-refractivity contribution is 5.41. The molecular formula is C18H23NO. The van der Waals surface area contributed by atoms with Crippen LogP contribution in [-0.4, -0.2) is 6.54 Å². The number of rotatable bonds is 6. The molecule has 2 rings (SSSR count). The number of ether oxygens (including phenoxy) is 1. The Bertz CT molecular complexity index is 563. The molecule has 0 aromatic heterocycles. The first kappa shape index (κ1) is 14.6. The van der Waals surface area contributed by atoms with Gasteiger partial charge in [0.25, 0.3) is 0 Å². The van der Waals surface area contributed by atoms with Crippen LogP contribution >= 0.6 is 0 Å². The average Bonchev–Trinajstić information content (AvgIpc) is 2.44. The minimum atomic E-state index is 0.617. The fraction of sp³-hybridized carbons (Fsp3) is 0.333. The Balaban J connectivity index is 2.11. The van der Waals surface area contributed by atoms with Gasteiger partial charge in [0.05, 0.1) is 0 Å². The highest BCUT2D eigenvalue weighted by Crippen LogP contribution is 2.24. The Morgan fingerprint density at radius 1 is 1.05 bits per heavy atom. The minimum Gasteiger partial charge on any atom is -0.488 e. The number of para-hydroxylation sites is 1.